The molecule has 0 aliphatic heterocycles. The van der Waals surface area contributed by atoms with Crippen LogP contribution in [-0.2, 0) is 17.7 Å². The fourth-order valence-corrected chi connectivity index (χ4v) is 2.31. The molecule has 0 N–H and O–H groups in total. The van der Waals surface area contributed by atoms with Crippen molar-refractivity contribution < 1.29 is 13.9 Å². The van der Waals surface area contributed by atoms with E-state index in [0.717, 1.165) is 11.3 Å². The number of hydrogen-bond donors (Lipinski definition) is 0. The molecule has 0 spiro atoms. The molecule has 0 aliphatic carbocycles. The van der Waals surface area contributed by atoms with Crippen LogP contribution in [0.1, 0.15) is 12.7 Å². The minimum absolute atomic E-state index is 0.0255. The third-order valence-corrected chi connectivity index (χ3v) is 3.45. The van der Waals surface area contributed by atoms with Crippen molar-refractivity contribution in [2.45, 2.75) is 26.0 Å². The van der Waals surface area contributed by atoms with Gasteiger partial charge in [0, 0.05) is 31.5 Å². The van der Waals surface area contributed by atoms with Crippen LogP contribution in [0.15, 0.2) is 12.1 Å². The highest BCUT2D eigenvalue weighted by atomic mass is 35.5. The summed E-state index contributed by atoms with van der Waals surface area (Å²) >= 11 is 5.81. The third kappa shape index (κ3) is 2.88. The topological polar surface area (TPSA) is 36.3 Å². The Morgan fingerprint density at radius 3 is 2.75 bits per heavy atom. The first kappa shape index (κ1) is 15.1. The highest BCUT2D eigenvalue weighted by Crippen LogP contribution is 2.26. The molecule has 1 aromatic heterocycles. The molecule has 110 valence electrons. The third-order valence-electron chi connectivity index (χ3n) is 3.26. The standard InChI is InChI=1S/C14H18ClFN2O2/c1-9(19-2)8-18-12-7-13(20-3)10(16)6-11(12)17-14(18)4-5-15/h6-7,9H,4-5,8H2,1-3H3. The van der Waals surface area contributed by atoms with Crippen LogP contribution in [0.3, 0.4) is 0 Å². The normalized spacial score (nSPS) is 12.8. The maximum Gasteiger partial charge on any atom is 0.167 e. The van der Waals surface area contributed by atoms with E-state index in [9.17, 15) is 4.39 Å². The summed E-state index contributed by atoms with van der Waals surface area (Å²) in [5, 5.41) is 0. The molecule has 1 atom stereocenters. The van der Waals surface area contributed by atoms with Gasteiger partial charge in [0.1, 0.15) is 5.82 Å². The number of hydrogen-bond acceptors (Lipinski definition) is 3. The monoisotopic (exact) mass is 300 g/mol. The van der Waals surface area contributed by atoms with Crippen LogP contribution < -0.4 is 4.74 Å². The summed E-state index contributed by atoms with van der Waals surface area (Å²) in [4.78, 5) is 4.45. The lowest BCUT2D eigenvalue weighted by Gasteiger charge is -2.14. The minimum Gasteiger partial charge on any atom is -0.494 e. The zero-order chi connectivity index (χ0) is 14.7. The Kier molecular flexibility index (Phi) is 4.83. The zero-order valence-corrected chi connectivity index (χ0v) is 12.6. The van der Waals surface area contributed by atoms with Gasteiger partial charge in [-0.25, -0.2) is 9.37 Å². The number of fused-ring (bicyclic) bond motifs is 1. The molecule has 4 nitrogen and oxygen atoms in total. The number of halogens is 2. The van der Waals surface area contributed by atoms with Crippen molar-refractivity contribution in [1.29, 1.82) is 0 Å². The van der Waals surface area contributed by atoms with Crippen molar-refractivity contribution in [2.24, 2.45) is 0 Å². The molecular weight excluding hydrogens is 283 g/mol. The fourth-order valence-electron chi connectivity index (χ4n) is 2.14. The number of ether oxygens (including phenoxy) is 2. The van der Waals surface area contributed by atoms with Gasteiger partial charge < -0.3 is 14.0 Å². The zero-order valence-electron chi connectivity index (χ0n) is 11.8. The van der Waals surface area contributed by atoms with E-state index in [1.54, 1.807) is 13.2 Å². The summed E-state index contributed by atoms with van der Waals surface area (Å²) in [6.45, 7) is 2.60. The second-order valence-corrected chi connectivity index (χ2v) is 4.98. The first-order valence-corrected chi connectivity index (χ1v) is 6.95. The Balaban J connectivity index is 2.56. The molecule has 20 heavy (non-hydrogen) atoms. The summed E-state index contributed by atoms with van der Waals surface area (Å²) in [5.41, 5.74) is 1.43. The smallest absolute Gasteiger partial charge is 0.167 e. The summed E-state index contributed by atoms with van der Waals surface area (Å²) in [6, 6.07) is 3.05. The Morgan fingerprint density at radius 2 is 2.15 bits per heavy atom. The second kappa shape index (κ2) is 6.41. The van der Waals surface area contributed by atoms with Crippen molar-refractivity contribution in [3.05, 3.63) is 23.8 Å². The summed E-state index contributed by atoms with van der Waals surface area (Å²) in [5.74, 6) is 1.08. The van der Waals surface area contributed by atoms with Crippen molar-refractivity contribution in [2.75, 3.05) is 20.1 Å². The first-order chi connectivity index (χ1) is 9.60. The number of aromatic nitrogens is 2. The van der Waals surface area contributed by atoms with Gasteiger partial charge in [-0.2, -0.15) is 0 Å². The lowest BCUT2D eigenvalue weighted by atomic mass is 10.2. The van der Waals surface area contributed by atoms with Crippen LogP contribution >= 0.6 is 11.6 Å². The van der Waals surface area contributed by atoms with Gasteiger partial charge >= 0.3 is 0 Å². The molecule has 1 unspecified atom stereocenters. The summed E-state index contributed by atoms with van der Waals surface area (Å²) in [7, 11) is 3.10. The van der Waals surface area contributed by atoms with Crippen molar-refractivity contribution in [3.63, 3.8) is 0 Å². The number of imidazole rings is 1. The summed E-state index contributed by atoms with van der Waals surface area (Å²) in [6.07, 6.45) is 0.647. The molecule has 1 aromatic carbocycles. The molecule has 0 amide bonds. The van der Waals surface area contributed by atoms with Gasteiger partial charge in [0.15, 0.2) is 11.6 Å². The van der Waals surface area contributed by atoms with Gasteiger partial charge in [0.05, 0.1) is 30.8 Å². The molecule has 2 aromatic rings. The van der Waals surface area contributed by atoms with E-state index >= 15 is 0 Å². The average Bonchev–Trinajstić information content (AvgIpc) is 2.75. The van der Waals surface area contributed by atoms with Crippen LogP contribution in [0, 0.1) is 5.82 Å². The highest BCUT2D eigenvalue weighted by molar-refractivity contribution is 6.17. The minimum atomic E-state index is -0.415. The molecule has 0 saturated carbocycles. The Morgan fingerprint density at radius 1 is 1.40 bits per heavy atom. The molecule has 0 fully saturated rings. The van der Waals surface area contributed by atoms with Crippen LogP contribution in [0.2, 0.25) is 0 Å². The lowest BCUT2D eigenvalue weighted by Crippen LogP contribution is -2.17. The van der Waals surface area contributed by atoms with Gasteiger partial charge in [-0.15, -0.1) is 11.6 Å². The second-order valence-electron chi connectivity index (χ2n) is 4.60. The predicted molar refractivity (Wildman–Crippen MR) is 77.1 cm³/mol. The van der Waals surface area contributed by atoms with E-state index in [1.165, 1.54) is 13.2 Å². The van der Waals surface area contributed by atoms with E-state index in [4.69, 9.17) is 21.1 Å². The molecule has 1 heterocycles. The lowest BCUT2D eigenvalue weighted by molar-refractivity contribution is 0.103. The molecule has 0 bridgehead atoms. The molecule has 0 aliphatic rings. The van der Waals surface area contributed by atoms with E-state index in [2.05, 4.69) is 4.98 Å². The van der Waals surface area contributed by atoms with Gasteiger partial charge in [-0.1, -0.05) is 0 Å². The van der Waals surface area contributed by atoms with Gasteiger partial charge in [0.2, 0.25) is 0 Å². The van der Waals surface area contributed by atoms with Crippen molar-refractivity contribution >= 4 is 22.6 Å². The van der Waals surface area contributed by atoms with E-state index in [0.29, 0.717) is 24.4 Å². The van der Waals surface area contributed by atoms with Crippen LogP contribution in [-0.4, -0.2) is 35.8 Å². The molecule has 0 radical (unpaired) electrons. The molecule has 0 saturated heterocycles. The van der Waals surface area contributed by atoms with E-state index in [-0.39, 0.29) is 11.9 Å². The first-order valence-electron chi connectivity index (χ1n) is 6.42. The fraction of sp³-hybridized carbons (Fsp3) is 0.500. The molecule has 6 heteroatoms. The predicted octanol–water partition coefficient (Wildman–Crippen LogP) is 3.00. The van der Waals surface area contributed by atoms with Crippen molar-refractivity contribution in [1.82, 2.24) is 9.55 Å². The number of rotatable bonds is 6. The highest BCUT2D eigenvalue weighted by Gasteiger charge is 2.16. The Labute approximate surface area is 122 Å². The average molecular weight is 301 g/mol. The Hall–Kier alpha value is -1.33. The van der Waals surface area contributed by atoms with Crippen molar-refractivity contribution in [3.8, 4) is 5.75 Å². The van der Waals surface area contributed by atoms with Gasteiger partial charge in [-0.05, 0) is 6.92 Å². The number of alkyl halides is 1. The van der Waals surface area contributed by atoms with Crippen LogP contribution in [0.5, 0.6) is 5.75 Å². The summed E-state index contributed by atoms with van der Waals surface area (Å²) < 4.78 is 26.1. The quantitative estimate of drug-likeness (QED) is 0.770. The number of methoxy groups -OCH3 is 2. The van der Waals surface area contributed by atoms with Gasteiger partial charge in [0.25, 0.3) is 0 Å². The van der Waals surface area contributed by atoms with Gasteiger partial charge in [-0.3, -0.25) is 0 Å². The molecule has 2 rings (SSSR count). The molecular formula is C14H18ClFN2O2. The van der Waals surface area contributed by atoms with E-state index in [1.807, 2.05) is 11.5 Å². The van der Waals surface area contributed by atoms with Crippen LogP contribution in [0.4, 0.5) is 4.39 Å². The largest absolute Gasteiger partial charge is 0.494 e. The number of aryl methyl sites for hydroxylation is 1. The number of nitrogens with zero attached hydrogens (tertiary/aromatic N) is 2. The Bertz CT molecular complexity index is 600. The van der Waals surface area contributed by atoms with E-state index < -0.39 is 5.82 Å². The maximum atomic E-state index is 13.8. The van der Waals surface area contributed by atoms with Crippen LogP contribution in [0.25, 0.3) is 11.0 Å². The number of benzene rings is 1. The maximum absolute atomic E-state index is 13.8. The SMILES string of the molecule is COc1cc2c(cc1F)nc(CCCl)n2CC(C)OC.